The molecule has 13 heteroatoms. The Balaban J connectivity index is 1.75. The number of aliphatic carboxylic acids is 1. The summed E-state index contributed by atoms with van der Waals surface area (Å²) < 4.78 is 83.4. The Morgan fingerprint density at radius 3 is 1.91 bits per heavy atom. The number of carbonyl (C=O) groups is 3. The number of alkyl carbamates (subject to hydrolysis) is 1. The summed E-state index contributed by atoms with van der Waals surface area (Å²) in [5, 5.41) is 9.94. The Bertz CT molecular complexity index is 1070. The van der Waals surface area contributed by atoms with Crippen LogP contribution in [-0.4, -0.2) is 66.1 Å². The van der Waals surface area contributed by atoms with Gasteiger partial charge in [0, 0.05) is 5.92 Å². The highest BCUT2D eigenvalue weighted by atomic mass is 19.4. The van der Waals surface area contributed by atoms with E-state index < -0.39 is 66.9 Å². The third-order valence-corrected chi connectivity index (χ3v) is 5.19. The molecule has 0 radical (unpaired) electrons. The van der Waals surface area contributed by atoms with Gasteiger partial charge in [-0.15, -0.1) is 0 Å². The van der Waals surface area contributed by atoms with Crippen molar-refractivity contribution in [2.75, 3.05) is 19.7 Å². The summed E-state index contributed by atoms with van der Waals surface area (Å²) in [6.45, 7) is -4.33. The second-order valence-electron chi connectivity index (χ2n) is 7.65. The maximum Gasteiger partial charge on any atom is 0.417 e. The number of halogens is 6. The van der Waals surface area contributed by atoms with Gasteiger partial charge in [-0.05, 0) is 22.3 Å². The van der Waals surface area contributed by atoms with Crippen LogP contribution < -0.4 is 5.32 Å². The quantitative estimate of drug-likeness (QED) is 0.558. The molecule has 2 N–H and O–H groups in total. The molecule has 1 unspecified atom stereocenters. The summed E-state index contributed by atoms with van der Waals surface area (Å²) in [5.74, 6) is -4.78. The lowest BCUT2D eigenvalue weighted by atomic mass is 9.98. The molecule has 0 bridgehead atoms. The van der Waals surface area contributed by atoms with Crippen molar-refractivity contribution in [1.82, 2.24) is 10.2 Å². The minimum Gasteiger partial charge on any atom is -0.480 e. The first kappa shape index (κ1) is 25.8. The Labute approximate surface area is 194 Å². The largest absolute Gasteiger partial charge is 0.480 e. The summed E-state index contributed by atoms with van der Waals surface area (Å²) in [5.41, 5.74) is 3.19. The SMILES string of the molecule is O=C(O)CN(CC(F)(F)F)C(=O)C(NC(=O)OCC1c2ccccc2-c2ccccc21)C(F)(F)F. The van der Waals surface area contributed by atoms with E-state index in [9.17, 15) is 40.7 Å². The molecule has 3 rings (SSSR count). The molecule has 7 nitrogen and oxygen atoms in total. The van der Waals surface area contributed by atoms with E-state index in [4.69, 9.17) is 9.84 Å². The maximum atomic E-state index is 13.5. The molecule has 1 aliphatic rings. The third-order valence-electron chi connectivity index (χ3n) is 5.19. The number of amides is 2. The van der Waals surface area contributed by atoms with Gasteiger partial charge in [-0.25, -0.2) is 4.79 Å². The first-order valence-electron chi connectivity index (χ1n) is 10.0. The second kappa shape index (κ2) is 9.84. The van der Waals surface area contributed by atoms with Crippen LogP contribution in [0, 0.1) is 0 Å². The fourth-order valence-corrected chi connectivity index (χ4v) is 3.82. The summed E-state index contributed by atoms with van der Waals surface area (Å²) in [4.78, 5) is 34.6. The molecule has 2 aromatic carbocycles. The van der Waals surface area contributed by atoms with Crippen molar-refractivity contribution >= 4 is 18.0 Å². The molecule has 0 aromatic heterocycles. The molecular formula is C22H18F6N2O5. The zero-order chi connectivity index (χ0) is 26.0. The highest BCUT2D eigenvalue weighted by Gasteiger charge is 2.50. The van der Waals surface area contributed by atoms with Crippen molar-refractivity contribution in [2.24, 2.45) is 0 Å². The lowest BCUT2D eigenvalue weighted by molar-refractivity contribution is -0.187. The zero-order valence-corrected chi connectivity index (χ0v) is 17.7. The van der Waals surface area contributed by atoms with Crippen molar-refractivity contribution in [2.45, 2.75) is 24.3 Å². The van der Waals surface area contributed by atoms with Gasteiger partial charge < -0.3 is 20.1 Å². The lowest BCUT2D eigenvalue weighted by Gasteiger charge is -2.28. The standard InChI is InChI=1S/C22H18F6N2O5/c23-21(24,25)11-30(9-17(31)32)19(33)18(22(26,27)28)29-20(34)35-10-16-14-7-3-1-5-12(14)13-6-2-4-8-15(13)16/h1-8,16,18H,9-11H2,(H,29,34)(H,31,32). The predicted molar refractivity (Wildman–Crippen MR) is 108 cm³/mol. The second-order valence-corrected chi connectivity index (χ2v) is 7.65. The Morgan fingerprint density at radius 1 is 0.943 bits per heavy atom. The Kier molecular flexibility index (Phi) is 7.27. The molecule has 0 heterocycles. The average Bonchev–Trinajstić information content (AvgIpc) is 3.07. The van der Waals surface area contributed by atoms with Gasteiger partial charge in [0.25, 0.3) is 5.91 Å². The fourth-order valence-electron chi connectivity index (χ4n) is 3.82. The van der Waals surface area contributed by atoms with Crippen LogP contribution in [0.3, 0.4) is 0 Å². The van der Waals surface area contributed by atoms with Crippen LogP contribution >= 0.6 is 0 Å². The molecule has 1 atom stereocenters. The highest BCUT2D eigenvalue weighted by Crippen LogP contribution is 2.44. The van der Waals surface area contributed by atoms with E-state index in [1.807, 2.05) is 12.1 Å². The minimum atomic E-state index is -5.52. The summed E-state index contributed by atoms with van der Waals surface area (Å²) in [7, 11) is 0. The first-order valence-corrected chi connectivity index (χ1v) is 10.0. The van der Waals surface area contributed by atoms with E-state index in [2.05, 4.69) is 0 Å². The van der Waals surface area contributed by atoms with Crippen LogP contribution in [0.25, 0.3) is 11.1 Å². The minimum absolute atomic E-state index is 0.417. The predicted octanol–water partition coefficient (Wildman–Crippen LogP) is 3.93. The van der Waals surface area contributed by atoms with Crippen LogP contribution in [-0.2, 0) is 14.3 Å². The molecule has 2 amide bonds. The van der Waals surface area contributed by atoms with Crippen molar-refractivity contribution in [3.63, 3.8) is 0 Å². The third kappa shape index (κ3) is 6.22. The van der Waals surface area contributed by atoms with Gasteiger partial charge in [0.15, 0.2) is 0 Å². The number of carboxylic acid groups (broad SMARTS) is 1. The summed E-state index contributed by atoms with van der Waals surface area (Å²) >= 11 is 0. The molecule has 0 spiro atoms. The highest BCUT2D eigenvalue weighted by molar-refractivity contribution is 5.89. The van der Waals surface area contributed by atoms with E-state index in [0.29, 0.717) is 0 Å². The van der Waals surface area contributed by atoms with Crippen LogP contribution in [0.5, 0.6) is 0 Å². The molecule has 2 aromatic rings. The number of nitrogens with one attached hydrogen (secondary N) is 1. The van der Waals surface area contributed by atoms with Crippen LogP contribution in [0.1, 0.15) is 17.0 Å². The number of alkyl halides is 6. The molecule has 0 saturated heterocycles. The fraction of sp³-hybridized carbons (Fsp3) is 0.318. The molecule has 1 aliphatic carbocycles. The number of carboxylic acids is 1. The molecule has 35 heavy (non-hydrogen) atoms. The van der Waals surface area contributed by atoms with Crippen molar-refractivity contribution in [3.8, 4) is 11.1 Å². The average molecular weight is 504 g/mol. The number of ether oxygens (including phenoxy) is 1. The van der Waals surface area contributed by atoms with Crippen molar-refractivity contribution in [3.05, 3.63) is 59.7 Å². The van der Waals surface area contributed by atoms with Crippen LogP contribution in [0.2, 0.25) is 0 Å². The van der Waals surface area contributed by atoms with Crippen molar-refractivity contribution in [1.29, 1.82) is 0 Å². The number of rotatable bonds is 7. The number of benzene rings is 2. The van der Waals surface area contributed by atoms with Crippen LogP contribution in [0.15, 0.2) is 48.5 Å². The number of hydrogen-bond acceptors (Lipinski definition) is 4. The van der Waals surface area contributed by atoms with E-state index >= 15 is 0 Å². The van der Waals surface area contributed by atoms with E-state index in [-0.39, 0.29) is 0 Å². The van der Waals surface area contributed by atoms with Crippen LogP contribution in [0.4, 0.5) is 31.1 Å². The van der Waals surface area contributed by atoms with Gasteiger partial charge in [0.1, 0.15) is 19.7 Å². The number of carbonyl (C=O) groups excluding carboxylic acids is 2. The van der Waals surface area contributed by atoms with Gasteiger partial charge >= 0.3 is 24.4 Å². The number of hydrogen-bond donors (Lipinski definition) is 2. The van der Waals surface area contributed by atoms with Crippen molar-refractivity contribution < 1.29 is 50.6 Å². The monoisotopic (exact) mass is 504 g/mol. The smallest absolute Gasteiger partial charge is 0.417 e. The van der Waals surface area contributed by atoms with Gasteiger partial charge in [0.05, 0.1) is 0 Å². The van der Waals surface area contributed by atoms with Gasteiger partial charge in [-0.3, -0.25) is 9.59 Å². The maximum absolute atomic E-state index is 13.5. The van der Waals surface area contributed by atoms with Gasteiger partial charge in [0.2, 0.25) is 6.04 Å². The van der Waals surface area contributed by atoms with E-state index in [0.717, 1.165) is 22.3 Å². The molecule has 0 aliphatic heterocycles. The molecule has 0 saturated carbocycles. The summed E-state index contributed by atoms with van der Waals surface area (Å²) in [6, 6.07) is 10.7. The topological polar surface area (TPSA) is 95.9 Å². The van der Waals surface area contributed by atoms with E-state index in [1.165, 1.54) is 5.32 Å². The number of fused-ring (bicyclic) bond motifs is 3. The molecular weight excluding hydrogens is 486 g/mol. The van der Waals surface area contributed by atoms with Gasteiger partial charge in [-0.2, -0.15) is 26.3 Å². The van der Waals surface area contributed by atoms with Gasteiger partial charge in [-0.1, -0.05) is 48.5 Å². The Hall–Kier alpha value is -3.77. The number of nitrogens with zero attached hydrogens (tertiary/aromatic N) is 1. The molecule has 188 valence electrons. The Morgan fingerprint density at radius 2 is 1.46 bits per heavy atom. The first-order chi connectivity index (χ1) is 16.3. The van der Waals surface area contributed by atoms with E-state index in [1.54, 1.807) is 36.4 Å². The lowest BCUT2D eigenvalue weighted by Crippen LogP contribution is -2.58. The normalized spacial score (nSPS) is 14.0. The molecule has 0 fully saturated rings. The summed E-state index contributed by atoms with van der Waals surface area (Å²) in [6.07, 6.45) is -12.4. The zero-order valence-electron chi connectivity index (χ0n) is 17.7.